The third kappa shape index (κ3) is 16.1. The lowest BCUT2D eigenvalue weighted by molar-refractivity contribution is -0.138. The summed E-state index contributed by atoms with van der Waals surface area (Å²) in [6.07, 6.45) is 27.2. The van der Waals surface area contributed by atoms with Crippen LogP contribution < -0.4 is 8.38 Å². The topological polar surface area (TPSA) is 52.6 Å². The van der Waals surface area contributed by atoms with Gasteiger partial charge >= 0.3 is 11.9 Å². The van der Waals surface area contributed by atoms with Gasteiger partial charge in [-0.2, -0.15) is 0 Å². The maximum atomic E-state index is 12.4. The van der Waals surface area contributed by atoms with Crippen LogP contribution in [0.5, 0.6) is 0 Å². The molecule has 0 bridgehead atoms. The molecule has 0 radical (unpaired) electrons. The summed E-state index contributed by atoms with van der Waals surface area (Å²) >= 11 is 19.6. The summed E-state index contributed by atoms with van der Waals surface area (Å²) in [5.41, 5.74) is 0. The van der Waals surface area contributed by atoms with Gasteiger partial charge in [0.1, 0.15) is 17.5 Å². The van der Waals surface area contributed by atoms with Gasteiger partial charge in [0.25, 0.3) is 0 Å². The van der Waals surface area contributed by atoms with E-state index in [0.717, 1.165) is 27.9 Å². The van der Waals surface area contributed by atoms with E-state index in [-0.39, 0.29) is 9.81 Å². The second kappa shape index (κ2) is 27.2. The van der Waals surface area contributed by atoms with Crippen LogP contribution in [0.2, 0.25) is 0 Å². The maximum Gasteiger partial charge on any atom is 0.346 e. The molecule has 0 fully saturated rings. The van der Waals surface area contributed by atoms with Crippen molar-refractivity contribution in [3.63, 3.8) is 0 Å². The van der Waals surface area contributed by atoms with Crippen molar-refractivity contribution in [2.24, 2.45) is 0 Å². The first-order valence-corrected chi connectivity index (χ1v) is 25.7. The van der Waals surface area contributed by atoms with Gasteiger partial charge < -0.3 is 9.47 Å². The molecule has 0 aromatic carbocycles. The van der Waals surface area contributed by atoms with E-state index in [0.29, 0.717) is 0 Å². The van der Waals surface area contributed by atoms with E-state index in [1.807, 2.05) is 47.0 Å². The molecule has 0 unspecified atom stereocenters. The second-order valence-electron chi connectivity index (χ2n) is 12.4. The molecule has 2 aliphatic heterocycles. The number of unbranched alkanes of at least 4 members (excludes halogenated alkanes) is 18. The first kappa shape index (κ1) is 44.9. The Hall–Kier alpha value is 0.530. The lowest BCUT2D eigenvalue weighted by Crippen LogP contribution is -2.08. The van der Waals surface area contributed by atoms with E-state index in [2.05, 4.69) is 13.8 Å². The Labute approximate surface area is 340 Å². The fourth-order valence-corrected chi connectivity index (χ4v) is 17.6. The molecule has 2 aliphatic rings. The largest absolute Gasteiger partial charge is 0.465 e. The molecule has 3 rings (SSSR count). The highest BCUT2D eigenvalue weighted by molar-refractivity contribution is 8.45. The number of rotatable bonds is 26. The fraction of sp³-hybridized carbons (Fsp3) is 0.703. The van der Waals surface area contributed by atoms with E-state index in [9.17, 15) is 9.59 Å². The minimum absolute atomic E-state index is 0.280. The molecule has 0 aliphatic carbocycles. The molecule has 0 amide bonds. The standard InChI is InChI=1S/C37H56O4S9/c1-5-7-9-11-13-15-17-19-21-23-25-43-34-35(44-26-24-22-20-18-16-14-12-10-8-6-2)50-33(49-34)29-32(42)48-37(47-29)36-45-27(30(38)40-3)28(46-36)31(39)41-4/h5-26H2,1-4H3. The Morgan fingerprint density at radius 1 is 0.540 bits per heavy atom. The summed E-state index contributed by atoms with van der Waals surface area (Å²) in [5, 5.41) is 0. The zero-order valence-corrected chi connectivity index (χ0v) is 37.7. The third-order valence-corrected chi connectivity index (χ3v) is 20.3. The smallest absolute Gasteiger partial charge is 0.346 e. The summed E-state index contributed by atoms with van der Waals surface area (Å²) in [5.74, 6) is 1.29. The number of hydrogen-bond acceptors (Lipinski definition) is 13. The van der Waals surface area contributed by atoms with Crippen LogP contribution >= 0.6 is 105 Å². The number of thioether (sulfide) groups is 6. The number of carbonyl (C=O) groups is 2. The SMILES string of the molecule is CCCCCCCCCCCCSC1=C(SCCCCCCCCCCCC)SC(=c2sc(=C3SC(C(=O)OC)=C(C(=O)OC)S3)sc2=S)S1. The predicted octanol–water partition coefficient (Wildman–Crippen LogP) is 13.6. The van der Waals surface area contributed by atoms with Crippen molar-refractivity contribution in [3.8, 4) is 0 Å². The van der Waals surface area contributed by atoms with Crippen molar-refractivity contribution in [2.75, 3.05) is 25.7 Å². The summed E-state index contributed by atoms with van der Waals surface area (Å²) < 4.78 is 17.9. The van der Waals surface area contributed by atoms with Gasteiger partial charge in [-0.3, -0.25) is 0 Å². The van der Waals surface area contributed by atoms with Crippen LogP contribution in [0.3, 0.4) is 0 Å². The summed E-state index contributed by atoms with van der Waals surface area (Å²) in [6.45, 7) is 4.57. The molecular formula is C37H56O4S9. The van der Waals surface area contributed by atoms with Gasteiger partial charge in [-0.1, -0.05) is 189 Å². The first-order valence-electron chi connectivity index (χ1n) is 18.4. The van der Waals surface area contributed by atoms with Gasteiger partial charge in [-0.25, -0.2) is 9.59 Å². The lowest BCUT2D eigenvalue weighted by atomic mass is 10.1. The van der Waals surface area contributed by atoms with Crippen molar-refractivity contribution >= 4 is 126 Å². The van der Waals surface area contributed by atoms with E-state index in [1.54, 1.807) is 22.7 Å². The van der Waals surface area contributed by atoms with Crippen LogP contribution in [0, 0.1) is 3.82 Å². The lowest BCUT2D eigenvalue weighted by Gasteiger charge is -2.06. The quantitative estimate of drug-likeness (QED) is 0.0509. The number of hydrogen-bond donors (Lipinski definition) is 0. The normalized spacial score (nSPS) is 14.8. The molecule has 0 N–H and O–H groups in total. The molecule has 0 saturated carbocycles. The summed E-state index contributed by atoms with van der Waals surface area (Å²) in [6, 6.07) is 0. The van der Waals surface area contributed by atoms with Gasteiger partial charge in [-0.15, -0.1) is 46.2 Å². The number of methoxy groups -OCH3 is 2. The van der Waals surface area contributed by atoms with Crippen LogP contribution in [0.4, 0.5) is 0 Å². The minimum Gasteiger partial charge on any atom is -0.465 e. The monoisotopic (exact) mass is 852 g/mol. The van der Waals surface area contributed by atoms with Crippen LogP contribution in [0.15, 0.2) is 18.3 Å². The maximum absolute atomic E-state index is 12.4. The van der Waals surface area contributed by atoms with Crippen LogP contribution in [-0.2, 0) is 19.1 Å². The highest BCUT2D eigenvalue weighted by atomic mass is 32.3. The van der Waals surface area contributed by atoms with Gasteiger partial charge in [0, 0.05) is 0 Å². The van der Waals surface area contributed by atoms with Gasteiger partial charge in [0.15, 0.2) is 0 Å². The molecule has 13 heteroatoms. The molecule has 0 atom stereocenters. The van der Waals surface area contributed by atoms with Gasteiger partial charge in [-0.05, 0) is 24.3 Å². The molecule has 1 aromatic rings. The highest BCUT2D eigenvalue weighted by Crippen LogP contribution is 2.58. The second-order valence-corrected chi connectivity index (χ2v) is 22.7. The predicted molar refractivity (Wildman–Crippen MR) is 236 cm³/mol. The van der Waals surface area contributed by atoms with Gasteiger partial charge in [0.2, 0.25) is 0 Å². The summed E-state index contributed by atoms with van der Waals surface area (Å²) in [4.78, 5) is 25.4. The van der Waals surface area contributed by atoms with E-state index >= 15 is 0 Å². The van der Waals surface area contributed by atoms with E-state index in [1.165, 1.54) is 179 Å². The van der Waals surface area contributed by atoms with Crippen molar-refractivity contribution < 1.29 is 19.1 Å². The molecule has 50 heavy (non-hydrogen) atoms. The minimum atomic E-state index is -0.521. The van der Waals surface area contributed by atoms with Crippen LogP contribution in [-0.4, -0.2) is 37.7 Å². The molecule has 0 spiro atoms. The Kier molecular flexibility index (Phi) is 24.4. The Morgan fingerprint density at radius 3 is 1.30 bits per heavy atom. The average molecular weight is 853 g/mol. The number of esters is 2. The van der Waals surface area contributed by atoms with Gasteiger partial charge in [0.05, 0.1) is 35.7 Å². The zero-order valence-electron chi connectivity index (χ0n) is 30.4. The van der Waals surface area contributed by atoms with Crippen LogP contribution in [0.1, 0.15) is 142 Å². The fourth-order valence-electron chi connectivity index (χ4n) is 5.38. The van der Waals surface area contributed by atoms with Crippen LogP contribution in [0.25, 0.3) is 8.47 Å². The Balaban J connectivity index is 1.61. The third-order valence-electron chi connectivity index (χ3n) is 8.25. The zero-order chi connectivity index (χ0) is 36.0. The molecular weight excluding hydrogens is 797 g/mol. The van der Waals surface area contributed by atoms with Crippen molar-refractivity contribution in [2.45, 2.75) is 142 Å². The highest BCUT2D eigenvalue weighted by Gasteiger charge is 2.33. The molecule has 282 valence electrons. The number of ether oxygens (including phenoxy) is 2. The molecule has 1 aromatic heterocycles. The Bertz CT molecular complexity index is 1370. The van der Waals surface area contributed by atoms with E-state index in [4.69, 9.17) is 21.7 Å². The van der Waals surface area contributed by atoms with E-state index < -0.39 is 11.9 Å². The summed E-state index contributed by atoms with van der Waals surface area (Å²) in [7, 11) is 2.66. The van der Waals surface area contributed by atoms with Crippen molar-refractivity contribution in [1.29, 1.82) is 0 Å². The molecule has 0 saturated heterocycles. The molecule has 3 heterocycles. The first-order chi connectivity index (χ1) is 24.4. The number of carbonyl (C=O) groups excluding carboxylic acids is 2. The van der Waals surface area contributed by atoms with Crippen molar-refractivity contribution in [3.05, 3.63) is 30.5 Å². The average Bonchev–Trinajstić information content (AvgIpc) is 3.85. The Morgan fingerprint density at radius 2 is 0.920 bits per heavy atom. The van der Waals surface area contributed by atoms with Crippen molar-refractivity contribution in [1.82, 2.24) is 0 Å². The molecule has 4 nitrogen and oxygen atoms in total.